The molecule has 0 saturated carbocycles. The number of aryl methyl sites for hydroxylation is 4. The molecule has 0 N–H and O–H groups in total. The zero-order valence-electron chi connectivity index (χ0n) is 66.5. The fraction of sp³-hybridized carbons (Fsp3) is 0.0354. The van der Waals surface area contributed by atoms with Crippen molar-refractivity contribution in [3.8, 4) is 168 Å². The lowest BCUT2D eigenvalue weighted by atomic mass is 9.96. The molecule has 0 saturated heterocycles. The highest BCUT2D eigenvalue weighted by Gasteiger charge is 2.16. The van der Waals surface area contributed by atoms with E-state index in [0.29, 0.717) is 0 Å². The van der Waals surface area contributed by atoms with E-state index in [1.165, 1.54) is 94.6 Å². The second kappa shape index (κ2) is 37.2. The van der Waals surface area contributed by atoms with Crippen LogP contribution in [0.4, 0.5) is 0 Å². The maximum absolute atomic E-state index is 5.03. The van der Waals surface area contributed by atoms with Gasteiger partial charge in [0.05, 0.1) is 39.9 Å². The molecule has 5 nitrogen and oxygen atoms in total. The van der Waals surface area contributed by atoms with E-state index in [1.54, 1.807) is 0 Å². The molecular formula is C113H87N5. The summed E-state index contributed by atoms with van der Waals surface area (Å²) in [7, 11) is 0. The monoisotopic (exact) mass is 1510 g/mol. The number of hydrogen-bond acceptors (Lipinski definition) is 5. The molecule has 0 radical (unpaired) electrons. The summed E-state index contributed by atoms with van der Waals surface area (Å²) in [5.41, 5.74) is 37.4. The molecule has 0 atom stereocenters. The first-order valence-electron chi connectivity index (χ1n) is 40.1. The first kappa shape index (κ1) is 76.8. The fourth-order valence-corrected chi connectivity index (χ4v) is 14.6. The summed E-state index contributed by atoms with van der Waals surface area (Å²) in [5, 5.41) is 0. The fourth-order valence-electron chi connectivity index (χ4n) is 14.6. The highest BCUT2D eigenvalue weighted by atomic mass is 14.9. The molecule has 564 valence electrons. The van der Waals surface area contributed by atoms with E-state index in [9.17, 15) is 0 Å². The highest BCUT2D eigenvalue weighted by molar-refractivity contribution is 5.83. The van der Waals surface area contributed by atoms with E-state index < -0.39 is 0 Å². The van der Waals surface area contributed by atoms with E-state index in [2.05, 4.69) is 402 Å². The zero-order valence-corrected chi connectivity index (χ0v) is 66.5. The molecule has 0 aliphatic rings. The van der Waals surface area contributed by atoms with Crippen LogP contribution in [0.25, 0.3) is 168 Å². The largest absolute Gasteiger partial charge is 0.248 e. The maximum Gasteiger partial charge on any atom is 0.160 e. The number of benzene rings is 15. The number of rotatable bonds is 15. The van der Waals surface area contributed by atoms with Gasteiger partial charge in [-0.05, 0) is 154 Å². The van der Waals surface area contributed by atoms with Crippen molar-refractivity contribution in [2.24, 2.45) is 0 Å². The molecule has 0 aliphatic carbocycles. The molecule has 5 heteroatoms. The topological polar surface area (TPSA) is 64.5 Å². The predicted molar refractivity (Wildman–Crippen MR) is 495 cm³/mol. The third-order valence-corrected chi connectivity index (χ3v) is 20.9. The number of pyridine rings is 3. The second-order valence-electron chi connectivity index (χ2n) is 29.4. The predicted octanol–water partition coefficient (Wildman–Crippen LogP) is 30.0. The summed E-state index contributed by atoms with van der Waals surface area (Å²) in [6.07, 6.45) is 0. The van der Waals surface area contributed by atoms with E-state index in [0.717, 1.165) is 95.9 Å². The maximum atomic E-state index is 5.03. The number of hydrogen-bond donors (Lipinski definition) is 0. The Morgan fingerprint density at radius 1 is 0.136 bits per heavy atom. The molecule has 0 bridgehead atoms. The molecule has 0 amide bonds. The van der Waals surface area contributed by atoms with Crippen molar-refractivity contribution in [2.45, 2.75) is 27.7 Å². The van der Waals surface area contributed by atoms with Crippen LogP contribution in [-0.2, 0) is 0 Å². The van der Waals surface area contributed by atoms with Gasteiger partial charge >= 0.3 is 0 Å². The van der Waals surface area contributed by atoms with Crippen molar-refractivity contribution in [3.05, 3.63) is 477 Å². The molecule has 0 fully saturated rings. The van der Waals surface area contributed by atoms with Crippen LogP contribution in [0.5, 0.6) is 0 Å². The Labute approximate surface area is 693 Å². The number of aromatic nitrogens is 5. The minimum atomic E-state index is 0.766. The van der Waals surface area contributed by atoms with Gasteiger partial charge in [0.2, 0.25) is 0 Å². The van der Waals surface area contributed by atoms with E-state index >= 15 is 0 Å². The molecule has 15 aromatic carbocycles. The number of nitrogens with zero attached hydrogens (tertiary/aromatic N) is 5. The minimum absolute atomic E-state index is 0.766. The van der Waals surface area contributed by atoms with Gasteiger partial charge in [-0.3, -0.25) is 0 Å². The van der Waals surface area contributed by atoms with Crippen LogP contribution in [0.2, 0.25) is 0 Å². The van der Waals surface area contributed by atoms with Crippen LogP contribution >= 0.6 is 0 Å². The molecule has 19 aromatic rings. The molecule has 4 aromatic heterocycles. The SMILES string of the molecule is Cc1cc(-c2ccc(-c3ccccc3)cc2)nc(-c2ccccc2)n1.Cc1ccc(-c2cc(-c3ccccc3)nc(-c3ccc(-c4ccccc4)cc3)c2)cc1.Cc1cccc(-c2cc(-c3ccccc3)nc(-c3ccc(-c4ccccc4)cc3)c2)c1.Cc1ccccc1-c1cc(-c2ccccc2)nc(-c2ccc(-c3ccccc3)cc2)c1. The zero-order chi connectivity index (χ0) is 80.2. The van der Waals surface area contributed by atoms with Gasteiger partial charge in [0.1, 0.15) is 0 Å². The van der Waals surface area contributed by atoms with Crippen molar-refractivity contribution in [3.63, 3.8) is 0 Å². The van der Waals surface area contributed by atoms with Gasteiger partial charge in [-0.1, -0.05) is 424 Å². The van der Waals surface area contributed by atoms with Gasteiger partial charge in [-0.25, -0.2) is 24.9 Å². The smallest absolute Gasteiger partial charge is 0.160 e. The van der Waals surface area contributed by atoms with Crippen molar-refractivity contribution in [2.75, 3.05) is 0 Å². The highest BCUT2D eigenvalue weighted by Crippen LogP contribution is 2.37. The van der Waals surface area contributed by atoms with E-state index in [4.69, 9.17) is 19.9 Å². The molecular weight excluding hydrogens is 1430 g/mol. The summed E-state index contributed by atoms with van der Waals surface area (Å²) < 4.78 is 0. The van der Waals surface area contributed by atoms with Crippen molar-refractivity contribution in [1.29, 1.82) is 0 Å². The summed E-state index contributed by atoms with van der Waals surface area (Å²) >= 11 is 0. The average molecular weight is 1510 g/mol. The third kappa shape index (κ3) is 19.4. The van der Waals surface area contributed by atoms with Crippen molar-refractivity contribution < 1.29 is 0 Å². The van der Waals surface area contributed by atoms with Crippen LogP contribution in [0.15, 0.2) is 455 Å². The Morgan fingerprint density at radius 2 is 0.373 bits per heavy atom. The van der Waals surface area contributed by atoms with Crippen LogP contribution in [-0.4, -0.2) is 24.9 Å². The average Bonchev–Trinajstić information content (AvgIpc) is 0.783. The Hall–Kier alpha value is -15.2. The molecule has 4 heterocycles. The molecule has 0 spiro atoms. The molecule has 19 rings (SSSR count). The third-order valence-electron chi connectivity index (χ3n) is 20.9. The summed E-state index contributed by atoms with van der Waals surface area (Å²) in [5.74, 6) is 0.766. The summed E-state index contributed by atoms with van der Waals surface area (Å²) in [6, 6.07) is 159. The minimum Gasteiger partial charge on any atom is -0.248 e. The summed E-state index contributed by atoms with van der Waals surface area (Å²) in [4.78, 5) is 24.4. The van der Waals surface area contributed by atoms with Crippen LogP contribution < -0.4 is 0 Å². The Kier molecular flexibility index (Phi) is 24.2. The van der Waals surface area contributed by atoms with Crippen LogP contribution in [0.3, 0.4) is 0 Å². The first-order valence-corrected chi connectivity index (χ1v) is 40.1. The van der Waals surface area contributed by atoms with Gasteiger partial charge in [0.15, 0.2) is 5.82 Å². The Balaban J connectivity index is 0.000000118. The lowest BCUT2D eigenvalue weighted by Crippen LogP contribution is -1.95. The van der Waals surface area contributed by atoms with Crippen molar-refractivity contribution >= 4 is 0 Å². The van der Waals surface area contributed by atoms with E-state index in [1.807, 2.05) is 85.8 Å². The lowest BCUT2D eigenvalue weighted by Gasteiger charge is -2.12. The normalized spacial score (nSPS) is 10.7. The Morgan fingerprint density at radius 3 is 0.703 bits per heavy atom. The molecule has 0 aliphatic heterocycles. The van der Waals surface area contributed by atoms with Crippen molar-refractivity contribution in [1.82, 2.24) is 24.9 Å². The van der Waals surface area contributed by atoms with Crippen LogP contribution in [0, 0.1) is 27.7 Å². The molecule has 0 unspecified atom stereocenters. The summed E-state index contributed by atoms with van der Waals surface area (Å²) in [6.45, 7) is 8.42. The quantitative estimate of drug-likeness (QED) is 0.102. The van der Waals surface area contributed by atoms with E-state index in [-0.39, 0.29) is 0 Å². The molecule has 118 heavy (non-hydrogen) atoms. The van der Waals surface area contributed by atoms with Gasteiger partial charge in [-0.2, -0.15) is 0 Å². The van der Waals surface area contributed by atoms with Gasteiger partial charge in [0.25, 0.3) is 0 Å². The first-order chi connectivity index (χ1) is 58.1. The van der Waals surface area contributed by atoms with Gasteiger partial charge < -0.3 is 0 Å². The Bertz CT molecular complexity index is 6470. The second-order valence-corrected chi connectivity index (χ2v) is 29.4. The standard InChI is InChI=1S/3C30H23N.C23H18N2/c1-22-10-8-9-15-28(22)27-20-29(25-13-6-3-7-14-25)31-30(21-27)26-18-16-24(17-19-26)23-11-4-2-5-12-23;1-22-9-8-14-27(19-22)28-20-29(25-12-6-3-7-13-25)31-30(21-28)26-17-15-24(16-18-26)23-10-4-2-5-11-23;1-22-12-14-25(15-13-22)28-20-29(26-10-6-3-7-11-26)31-30(21-28)27-18-16-24(17-19-27)23-8-4-2-5-9-23;1-17-16-22(25-23(24-17)21-10-6-3-7-11-21)20-14-12-19(13-15-20)18-8-4-2-5-9-18/h3*2-21H,1H3;2-16H,1H3. The van der Waals surface area contributed by atoms with Gasteiger partial charge in [-0.15, -0.1) is 0 Å². The lowest BCUT2D eigenvalue weighted by molar-refractivity contribution is 1.11. The van der Waals surface area contributed by atoms with Gasteiger partial charge in [0, 0.05) is 50.2 Å². The van der Waals surface area contributed by atoms with Crippen LogP contribution in [0.1, 0.15) is 22.4 Å².